The zero-order valence-electron chi connectivity index (χ0n) is 14.9. The average Bonchev–Trinajstić information content (AvgIpc) is 2.67. The summed E-state index contributed by atoms with van der Waals surface area (Å²) in [6, 6.07) is 17.4. The van der Waals surface area contributed by atoms with Crippen molar-refractivity contribution in [3.8, 4) is 5.75 Å². The third-order valence-corrected chi connectivity index (χ3v) is 5.42. The first-order chi connectivity index (χ1) is 12.6. The molecule has 0 amide bonds. The topological polar surface area (TPSA) is 52.9 Å². The van der Waals surface area contributed by atoms with E-state index in [0.29, 0.717) is 31.0 Å². The molecule has 2 atom stereocenters. The maximum absolute atomic E-state index is 10.6. The maximum atomic E-state index is 10.6. The molecule has 0 spiro atoms. The van der Waals surface area contributed by atoms with Crippen molar-refractivity contribution in [1.82, 2.24) is 4.90 Å². The highest BCUT2D eigenvalue weighted by Gasteiger charge is 2.42. The molecule has 1 aliphatic rings. The van der Waals surface area contributed by atoms with Gasteiger partial charge in [0, 0.05) is 30.1 Å². The molecule has 0 radical (unpaired) electrons. The van der Waals surface area contributed by atoms with Crippen LogP contribution in [0.25, 0.3) is 0 Å². The first-order valence-corrected chi connectivity index (χ1v) is 9.43. The van der Waals surface area contributed by atoms with Crippen LogP contribution in [0.5, 0.6) is 5.75 Å². The number of nitrogens with zero attached hydrogens (tertiary/aromatic N) is 1. The molecule has 1 aliphatic heterocycles. The van der Waals surface area contributed by atoms with Gasteiger partial charge in [0.2, 0.25) is 0 Å². The number of piperidine rings is 1. The van der Waals surface area contributed by atoms with Gasteiger partial charge in [0.1, 0.15) is 12.4 Å². The van der Waals surface area contributed by atoms with Crippen molar-refractivity contribution in [2.75, 3.05) is 32.8 Å². The lowest BCUT2D eigenvalue weighted by Crippen LogP contribution is -2.55. The van der Waals surface area contributed by atoms with E-state index in [1.807, 2.05) is 54.6 Å². The van der Waals surface area contributed by atoms with Crippen molar-refractivity contribution in [2.24, 2.45) is 5.41 Å². The second kappa shape index (κ2) is 8.87. The molecule has 1 heterocycles. The fourth-order valence-corrected chi connectivity index (χ4v) is 3.77. The Hall–Kier alpha value is -1.59. The minimum atomic E-state index is -0.528. The highest BCUT2D eigenvalue weighted by atomic mass is 35.5. The molecular weight excluding hydrogens is 350 g/mol. The van der Waals surface area contributed by atoms with Gasteiger partial charge in [-0.1, -0.05) is 41.9 Å². The van der Waals surface area contributed by atoms with Gasteiger partial charge in [-0.05, 0) is 42.7 Å². The molecule has 3 rings (SSSR count). The van der Waals surface area contributed by atoms with E-state index in [1.54, 1.807) is 0 Å². The molecule has 0 unspecified atom stereocenters. The van der Waals surface area contributed by atoms with Crippen molar-refractivity contribution in [2.45, 2.75) is 18.9 Å². The first-order valence-electron chi connectivity index (χ1n) is 9.05. The minimum Gasteiger partial charge on any atom is -0.492 e. The molecule has 5 heteroatoms. The smallest absolute Gasteiger partial charge is 0.119 e. The monoisotopic (exact) mass is 375 g/mol. The van der Waals surface area contributed by atoms with Gasteiger partial charge in [-0.2, -0.15) is 0 Å². The van der Waals surface area contributed by atoms with E-state index >= 15 is 0 Å². The fourth-order valence-electron chi connectivity index (χ4n) is 3.64. The van der Waals surface area contributed by atoms with Crippen LogP contribution in [0, 0.1) is 5.41 Å². The largest absolute Gasteiger partial charge is 0.492 e. The van der Waals surface area contributed by atoms with E-state index in [4.69, 9.17) is 16.3 Å². The highest BCUT2D eigenvalue weighted by molar-refractivity contribution is 6.30. The number of rotatable bonds is 7. The number of hydrogen-bond acceptors (Lipinski definition) is 4. The van der Waals surface area contributed by atoms with E-state index in [0.717, 1.165) is 24.4 Å². The number of aliphatic hydroxyl groups is 2. The Labute approximate surface area is 160 Å². The van der Waals surface area contributed by atoms with Crippen LogP contribution in [-0.4, -0.2) is 54.1 Å². The van der Waals surface area contributed by atoms with Crippen LogP contribution in [0.2, 0.25) is 5.02 Å². The van der Waals surface area contributed by atoms with Gasteiger partial charge in [-0.3, -0.25) is 4.90 Å². The Bertz CT molecular complexity index is 679. The Morgan fingerprint density at radius 3 is 2.54 bits per heavy atom. The summed E-state index contributed by atoms with van der Waals surface area (Å²) in [7, 11) is 0. The van der Waals surface area contributed by atoms with Gasteiger partial charge in [0.05, 0.1) is 12.7 Å². The molecular formula is C21H26ClNO3. The van der Waals surface area contributed by atoms with E-state index in [-0.39, 0.29) is 6.61 Å². The van der Waals surface area contributed by atoms with Crippen molar-refractivity contribution in [1.29, 1.82) is 0 Å². The maximum Gasteiger partial charge on any atom is 0.119 e. The second-order valence-corrected chi connectivity index (χ2v) is 7.50. The number of halogens is 1. The average molecular weight is 376 g/mol. The lowest BCUT2D eigenvalue weighted by atomic mass is 9.73. The van der Waals surface area contributed by atoms with E-state index in [2.05, 4.69) is 4.90 Å². The van der Waals surface area contributed by atoms with Crippen LogP contribution in [0.1, 0.15) is 12.0 Å². The van der Waals surface area contributed by atoms with Gasteiger partial charge in [-0.25, -0.2) is 0 Å². The number of benzene rings is 2. The lowest BCUT2D eigenvalue weighted by Gasteiger charge is -2.45. The Morgan fingerprint density at radius 2 is 1.85 bits per heavy atom. The van der Waals surface area contributed by atoms with Gasteiger partial charge in [0.15, 0.2) is 0 Å². The predicted molar refractivity (Wildman–Crippen MR) is 104 cm³/mol. The molecule has 4 nitrogen and oxygen atoms in total. The van der Waals surface area contributed by atoms with Crippen molar-refractivity contribution < 1.29 is 14.9 Å². The molecule has 0 aliphatic carbocycles. The summed E-state index contributed by atoms with van der Waals surface area (Å²) in [4.78, 5) is 2.27. The van der Waals surface area contributed by atoms with Crippen LogP contribution in [0.15, 0.2) is 54.6 Å². The van der Waals surface area contributed by atoms with Crippen molar-refractivity contribution in [3.63, 3.8) is 0 Å². The van der Waals surface area contributed by atoms with Crippen LogP contribution in [-0.2, 0) is 6.42 Å². The Balaban J connectivity index is 1.58. The van der Waals surface area contributed by atoms with Crippen LogP contribution in [0.3, 0.4) is 0 Å². The summed E-state index contributed by atoms with van der Waals surface area (Å²) in [6.07, 6.45) is 0.829. The van der Waals surface area contributed by atoms with Gasteiger partial charge in [-0.15, -0.1) is 0 Å². The molecule has 26 heavy (non-hydrogen) atoms. The molecule has 0 aromatic heterocycles. The summed E-state index contributed by atoms with van der Waals surface area (Å²) in [5.41, 5.74) is 0.611. The first kappa shape index (κ1) is 19.2. The minimum absolute atomic E-state index is 0.0302. The molecule has 2 N–H and O–H groups in total. The third kappa shape index (κ3) is 4.77. The van der Waals surface area contributed by atoms with Gasteiger partial charge < -0.3 is 14.9 Å². The second-order valence-electron chi connectivity index (χ2n) is 7.07. The summed E-state index contributed by atoms with van der Waals surface area (Å²) in [5, 5.41) is 21.4. The molecule has 140 valence electrons. The fraction of sp³-hybridized carbons (Fsp3) is 0.429. The zero-order valence-corrected chi connectivity index (χ0v) is 15.6. The SMILES string of the molecule is OC[C@@]1(Cc2ccccc2)CN(CCOc2ccc(Cl)cc2)CC[C@@H]1O. The Morgan fingerprint density at radius 1 is 1.12 bits per heavy atom. The van der Waals surface area contributed by atoms with Crippen LogP contribution < -0.4 is 4.74 Å². The molecule has 0 saturated carbocycles. The number of likely N-dealkylation sites (tertiary alicyclic amines) is 1. The Kier molecular flexibility index (Phi) is 6.54. The quantitative estimate of drug-likeness (QED) is 0.781. The van der Waals surface area contributed by atoms with E-state index < -0.39 is 11.5 Å². The van der Waals surface area contributed by atoms with Crippen LogP contribution >= 0.6 is 11.6 Å². The predicted octanol–water partition coefficient (Wildman–Crippen LogP) is 3.01. The summed E-state index contributed by atoms with van der Waals surface area (Å²) in [5.74, 6) is 0.796. The molecule has 0 bridgehead atoms. The zero-order chi connectivity index (χ0) is 18.4. The summed E-state index contributed by atoms with van der Waals surface area (Å²) >= 11 is 5.88. The van der Waals surface area contributed by atoms with Gasteiger partial charge in [0.25, 0.3) is 0 Å². The highest BCUT2D eigenvalue weighted by Crippen LogP contribution is 2.33. The molecule has 2 aromatic rings. The molecule has 1 fully saturated rings. The van der Waals surface area contributed by atoms with E-state index in [9.17, 15) is 10.2 Å². The number of hydrogen-bond donors (Lipinski definition) is 2. The number of ether oxygens (including phenoxy) is 1. The molecule has 2 aromatic carbocycles. The molecule has 1 saturated heterocycles. The lowest BCUT2D eigenvalue weighted by molar-refractivity contribution is -0.0763. The van der Waals surface area contributed by atoms with Crippen molar-refractivity contribution in [3.05, 3.63) is 65.2 Å². The number of aliphatic hydroxyl groups excluding tert-OH is 2. The summed E-state index contributed by atoms with van der Waals surface area (Å²) < 4.78 is 5.79. The standard InChI is InChI=1S/C21H26ClNO3/c22-18-6-8-19(9-7-18)26-13-12-23-11-10-20(25)21(15-23,16-24)14-17-4-2-1-3-5-17/h1-9,20,24-25H,10-16H2/t20-,21+/m0/s1. The normalized spacial score (nSPS) is 23.7. The van der Waals surface area contributed by atoms with Crippen LogP contribution in [0.4, 0.5) is 0 Å². The van der Waals surface area contributed by atoms with E-state index in [1.165, 1.54) is 0 Å². The van der Waals surface area contributed by atoms with Gasteiger partial charge >= 0.3 is 0 Å². The third-order valence-electron chi connectivity index (χ3n) is 5.17. The summed E-state index contributed by atoms with van der Waals surface area (Å²) in [6.45, 7) is 2.75. The van der Waals surface area contributed by atoms with Crippen molar-refractivity contribution >= 4 is 11.6 Å².